The zero-order valence-corrected chi connectivity index (χ0v) is 15.4. The van der Waals surface area contributed by atoms with E-state index in [2.05, 4.69) is 5.32 Å². The number of carbonyl (C=O) groups is 2. The number of benzene rings is 2. The molecule has 0 aliphatic carbocycles. The number of amides is 1. The first-order valence-corrected chi connectivity index (χ1v) is 8.61. The van der Waals surface area contributed by atoms with Crippen molar-refractivity contribution in [2.45, 2.75) is 32.8 Å². The Bertz CT molecular complexity index is 857. The van der Waals surface area contributed by atoms with E-state index in [1.165, 1.54) is 6.92 Å². The molecule has 2 aromatic carbocycles. The van der Waals surface area contributed by atoms with Crippen LogP contribution in [0.4, 0.5) is 18.9 Å². The minimum atomic E-state index is -1.70. The molecule has 0 fully saturated rings. The smallest absolute Gasteiger partial charge is 0.306 e. The maximum atomic E-state index is 13.6. The molecule has 28 heavy (non-hydrogen) atoms. The first kappa shape index (κ1) is 21.3. The van der Waals surface area contributed by atoms with E-state index >= 15 is 0 Å². The number of esters is 1. The van der Waals surface area contributed by atoms with Gasteiger partial charge in [0.25, 0.3) is 5.91 Å². The SMILES string of the molecule is Cc1cccc(OCCCC(=O)O[C@H](C)C(=O)Nc2ccc(F)c(F)c2F)c1. The highest BCUT2D eigenvalue weighted by Gasteiger charge is 2.21. The van der Waals surface area contributed by atoms with Crippen molar-refractivity contribution < 1.29 is 32.2 Å². The van der Waals surface area contributed by atoms with Crippen molar-refractivity contribution in [3.8, 4) is 5.75 Å². The lowest BCUT2D eigenvalue weighted by atomic mass is 10.2. The van der Waals surface area contributed by atoms with E-state index in [0.29, 0.717) is 24.8 Å². The summed E-state index contributed by atoms with van der Waals surface area (Å²) in [7, 11) is 0. The molecule has 2 rings (SSSR count). The van der Waals surface area contributed by atoms with Crippen LogP contribution in [0.1, 0.15) is 25.3 Å². The summed E-state index contributed by atoms with van der Waals surface area (Å²) in [6.45, 7) is 3.51. The zero-order chi connectivity index (χ0) is 20.7. The molecule has 1 atom stereocenters. The summed E-state index contributed by atoms with van der Waals surface area (Å²) in [5, 5.41) is 2.05. The molecule has 0 aromatic heterocycles. The predicted molar refractivity (Wildman–Crippen MR) is 96.4 cm³/mol. The molecule has 0 radical (unpaired) electrons. The second-order valence-electron chi connectivity index (χ2n) is 6.11. The van der Waals surface area contributed by atoms with Crippen LogP contribution < -0.4 is 10.1 Å². The summed E-state index contributed by atoms with van der Waals surface area (Å²) in [6, 6.07) is 9.01. The molecule has 150 valence electrons. The molecule has 0 saturated carbocycles. The van der Waals surface area contributed by atoms with Gasteiger partial charge in [-0.1, -0.05) is 12.1 Å². The van der Waals surface area contributed by atoms with Crippen molar-refractivity contribution >= 4 is 17.6 Å². The molecule has 0 spiro atoms. The largest absolute Gasteiger partial charge is 0.494 e. The van der Waals surface area contributed by atoms with Gasteiger partial charge in [0.1, 0.15) is 5.75 Å². The number of halogens is 3. The Labute approximate surface area is 160 Å². The van der Waals surface area contributed by atoms with Crippen molar-refractivity contribution in [2.24, 2.45) is 0 Å². The number of anilines is 1. The Morgan fingerprint density at radius 3 is 2.57 bits per heavy atom. The Hall–Kier alpha value is -3.03. The standard InChI is InChI=1S/C20H20F3NO4/c1-12-5-3-6-14(11-12)27-10-4-7-17(25)28-13(2)20(26)24-16-9-8-15(21)18(22)19(16)23/h3,5-6,8-9,11,13H,4,7,10H2,1-2H3,(H,24,26)/t13-/m1/s1. The molecule has 2 aromatic rings. The molecular formula is C20H20F3NO4. The van der Waals surface area contributed by atoms with Crippen molar-refractivity contribution in [1.29, 1.82) is 0 Å². The minimum absolute atomic E-state index is 0.0168. The Morgan fingerprint density at radius 2 is 1.86 bits per heavy atom. The fourth-order valence-corrected chi connectivity index (χ4v) is 2.28. The van der Waals surface area contributed by atoms with E-state index in [1.54, 1.807) is 6.07 Å². The molecule has 0 unspecified atom stereocenters. The van der Waals surface area contributed by atoms with E-state index in [0.717, 1.165) is 11.6 Å². The van der Waals surface area contributed by atoms with Gasteiger partial charge in [-0.15, -0.1) is 0 Å². The van der Waals surface area contributed by atoms with E-state index in [1.807, 2.05) is 25.1 Å². The van der Waals surface area contributed by atoms with Gasteiger partial charge in [-0.2, -0.15) is 0 Å². The number of hydrogen-bond donors (Lipinski definition) is 1. The monoisotopic (exact) mass is 395 g/mol. The molecule has 0 aliphatic rings. The van der Waals surface area contributed by atoms with Gasteiger partial charge in [-0.3, -0.25) is 9.59 Å². The minimum Gasteiger partial charge on any atom is -0.494 e. The molecule has 0 heterocycles. The van der Waals surface area contributed by atoms with Crippen LogP contribution in [0.5, 0.6) is 5.75 Å². The molecule has 8 heteroatoms. The zero-order valence-electron chi connectivity index (χ0n) is 15.4. The van der Waals surface area contributed by atoms with Crippen LogP contribution in [0.3, 0.4) is 0 Å². The third-order valence-electron chi connectivity index (χ3n) is 3.75. The molecule has 5 nitrogen and oxygen atoms in total. The number of ether oxygens (including phenoxy) is 2. The fourth-order valence-electron chi connectivity index (χ4n) is 2.28. The van der Waals surface area contributed by atoms with Crippen molar-refractivity contribution in [1.82, 2.24) is 0 Å². The molecule has 0 aliphatic heterocycles. The van der Waals surface area contributed by atoms with Crippen LogP contribution in [-0.4, -0.2) is 24.6 Å². The van der Waals surface area contributed by atoms with Crippen LogP contribution in [0.15, 0.2) is 36.4 Å². The number of carbonyl (C=O) groups excluding carboxylic acids is 2. The second kappa shape index (κ2) is 9.77. The van der Waals surface area contributed by atoms with E-state index in [4.69, 9.17) is 9.47 Å². The topological polar surface area (TPSA) is 64.6 Å². The highest BCUT2D eigenvalue weighted by molar-refractivity contribution is 5.95. The summed E-state index contributed by atoms with van der Waals surface area (Å²) >= 11 is 0. The maximum absolute atomic E-state index is 13.6. The van der Waals surface area contributed by atoms with Crippen LogP contribution >= 0.6 is 0 Å². The van der Waals surface area contributed by atoms with Crippen molar-refractivity contribution in [3.63, 3.8) is 0 Å². The summed E-state index contributed by atoms with van der Waals surface area (Å²) < 4.78 is 50.1. The molecular weight excluding hydrogens is 375 g/mol. The summed E-state index contributed by atoms with van der Waals surface area (Å²) in [6.07, 6.45) is -0.847. The maximum Gasteiger partial charge on any atom is 0.306 e. The molecule has 0 saturated heterocycles. The Balaban J connectivity index is 1.75. The van der Waals surface area contributed by atoms with Crippen LogP contribution in [0, 0.1) is 24.4 Å². The van der Waals surface area contributed by atoms with Gasteiger partial charge in [0, 0.05) is 6.42 Å². The highest BCUT2D eigenvalue weighted by atomic mass is 19.2. The lowest BCUT2D eigenvalue weighted by molar-refractivity contribution is -0.153. The van der Waals surface area contributed by atoms with Gasteiger partial charge in [0.2, 0.25) is 0 Å². The highest BCUT2D eigenvalue weighted by Crippen LogP contribution is 2.20. The quantitative estimate of drug-likeness (QED) is 0.415. The lowest BCUT2D eigenvalue weighted by Crippen LogP contribution is -2.30. The van der Waals surface area contributed by atoms with E-state index < -0.39 is 41.1 Å². The normalized spacial score (nSPS) is 11.6. The Morgan fingerprint density at radius 1 is 1.11 bits per heavy atom. The van der Waals surface area contributed by atoms with E-state index in [-0.39, 0.29) is 6.42 Å². The first-order chi connectivity index (χ1) is 13.3. The van der Waals surface area contributed by atoms with Crippen molar-refractivity contribution in [2.75, 3.05) is 11.9 Å². The first-order valence-electron chi connectivity index (χ1n) is 8.61. The van der Waals surface area contributed by atoms with Gasteiger partial charge in [0.05, 0.1) is 12.3 Å². The lowest BCUT2D eigenvalue weighted by Gasteiger charge is -2.14. The molecule has 1 amide bonds. The number of aryl methyl sites for hydroxylation is 1. The molecule has 1 N–H and O–H groups in total. The van der Waals surface area contributed by atoms with Gasteiger partial charge in [-0.05, 0) is 50.1 Å². The third kappa shape index (κ3) is 6.00. The predicted octanol–water partition coefficient (Wildman–Crippen LogP) is 4.14. The molecule has 0 bridgehead atoms. The average Bonchev–Trinajstić information content (AvgIpc) is 2.65. The van der Waals surface area contributed by atoms with Crippen LogP contribution in [0.2, 0.25) is 0 Å². The van der Waals surface area contributed by atoms with Gasteiger partial charge < -0.3 is 14.8 Å². The van der Waals surface area contributed by atoms with Crippen LogP contribution in [-0.2, 0) is 14.3 Å². The Kier molecular flexibility index (Phi) is 7.43. The average molecular weight is 395 g/mol. The summed E-state index contributed by atoms with van der Waals surface area (Å²) in [5.74, 6) is -5.41. The summed E-state index contributed by atoms with van der Waals surface area (Å²) in [4.78, 5) is 23.7. The fraction of sp³-hybridized carbons (Fsp3) is 0.300. The number of hydrogen-bond acceptors (Lipinski definition) is 4. The second-order valence-corrected chi connectivity index (χ2v) is 6.11. The van der Waals surface area contributed by atoms with Gasteiger partial charge >= 0.3 is 5.97 Å². The van der Waals surface area contributed by atoms with E-state index in [9.17, 15) is 22.8 Å². The number of rotatable bonds is 8. The van der Waals surface area contributed by atoms with Gasteiger partial charge in [-0.25, -0.2) is 13.2 Å². The summed E-state index contributed by atoms with van der Waals surface area (Å²) in [5.41, 5.74) is 0.507. The van der Waals surface area contributed by atoms with Crippen molar-refractivity contribution in [3.05, 3.63) is 59.4 Å². The third-order valence-corrected chi connectivity index (χ3v) is 3.75. The van der Waals surface area contributed by atoms with Gasteiger partial charge in [0.15, 0.2) is 23.6 Å². The number of nitrogens with one attached hydrogen (secondary N) is 1. The van der Waals surface area contributed by atoms with Crippen LogP contribution in [0.25, 0.3) is 0 Å².